The van der Waals surface area contributed by atoms with Gasteiger partial charge in [-0.05, 0) is 50.2 Å². The molecule has 3 aliphatic rings. The third-order valence-corrected chi connectivity index (χ3v) is 9.76. The summed E-state index contributed by atoms with van der Waals surface area (Å²) in [5.74, 6) is -3.41. The number of likely N-dealkylation sites (N-methyl/N-ethyl adjacent to an activating group) is 1. The van der Waals surface area contributed by atoms with Gasteiger partial charge in [-0.3, -0.25) is 9.59 Å². The van der Waals surface area contributed by atoms with E-state index < -0.39 is 33.0 Å². The van der Waals surface area contributed by atoms with Crippen molar-refractivity contribution in [3.63, 3.8) is 0 Å². The molecule has 3 aromatic rings. The number of benzene rings is 2. The van der Waals surface area contributed by atoms with Crippen molar-refractivity contribution >= 4 is 27.4 Å². The number of ether oxygens (including phenoxy) is 1. The maximum absolute atomic E-state index is 14.1. The molecule has 11 nitrogen and oxygen atoms in total. The zero-order chi connectivity index (χ0) is 27.9. The third-order valence-electron chi connectivity index (χ3n) is 7.93. The Bertz CT molecular complexity index is 1660. The lowest BCUT2D eigenvalue weighted by molar-refractivity contribution is -0.169. The summed E-state index contributed by atoms with van der Waals surface area (Å²) in [6, 6.07) is 11.1. The van der Waals surface area contributed by atoms with Crippen LogP contribution in [0.3, 0.4) is 0 Å². The first kappa shape index (κ1) is 25.6. The van der Waals surface area contributed by atoms with E-state index in [1.54, 1.807) is 31.2 Å². The van der Waals surface area contributed by atoms with E-state index in [9.17, 15) is 23.1 Å². The van der Waals surface area contributed by atoms with Gasteiger partial charge in [-0.25, -0.2) is 8.42 Å². The van der Waals surface area contributed by atoms with Crippen LogP contribution in [0.1, 0.15) is 43.1 Å². The lowest BCUT2D eigenvalue weighted by Gasteiger charge is -2.34. The number of anilines is 1. The molecule has 39 heavy (non-hydrogen) atoms. The van der Waals surface area contributed by atoms with Gasteiger partial charge in [0, 0.05) is 43.0 Å². The van der Waals surface area contributed by atoms with E-state index in [1.165, 1.54) is 22.5 Å². The van der Waals surface area contributed by atoms with Crippen molar-refractivity contribution in [1.29, 1.82) is 0 Å². The van der Waals surface area contributed by atoms with Crippen LogP contribution >= 0.6 is 0 Å². The van der Waals surface area contributed by atoms with Crippen molar-refractivity contribution < 1.29 is 27.9 Å². The van der Waals surface area contributed by atoms with Crippen LogP contribution in [0.15, 0.2) is 47.5 Å². The van der Waals surface area contributed by atoms with Gasteiger partial charge in [0.05, 0.1) is 5.56 Å². The van der Waals surface area contributed by atoms with Crippen molar-refractivity contribution in [2.75, 3.05) is 39.0 Å². The van der Waals surface area contributed by atoms with E-state index >= 15 is 0 Å². The van der Waals surface area contributed by atoms with Gasteiger partial charge in [0.2, 0.25) is 11.3 Å². The molecule has 2 aromatic carbocycles. The number of aryl methyl sites for hydroxylation is 2. The van der Waals surface area contributed by atoms with Crippen molar-refractivity contribution in [3.8, 4) is 5.75 Å². The molecule has 0 radical (unpaired) electrons. The van der Waals surface area contributed by atoms with Crippen LogP contribution in [-0.2, 0) is 21.3 Å². The summed E-state index contributed by atoms with van der Waals surface area (Å²) in [6.07, 6.45) is 0. The second-order valence-electron chi connectivity index (χ2n) is 10.4. The summed E-state index contributed by atoms with van der Waals surface area (Å²) in [7, 11) is -1.95. The molecule has 1 saturated heterocycles. The van der Waals surface area contributed by atoms with Gasteiger partial charge in [-0.2, -0.15) is 4.31 Å². The highest BCUT2D eigenvalue weighted by Gasteiger charge is 2.72. The second-order valence-corrected chi connectivity index (χ2v) is 12.4. The Kier molecular flexibility index (Phi) is 5.50. The van der Waals surface area contributed by atoms with Gasteiger partial charge in [0.25, 0.3) is 21.7 Å². The first-order chi connectivity index (χ1) is 18.4. The lowest BCUT2D eigenvalue weighted by atomic mass is 9.82. The largest absolute Gasteiger partial charge is 0.454 e. The molecule has 2 unspecified atom stereocenters. The minimum Gasteiger partial charge on any atom is -0.454 e. The summed E-state index contributed by atoms with van der Waals surface area (Å²) in [5, 5.41) is 14.6. The fourth-order valence-corrected chi connectivity index (χ4v) is 7.26. The number of amides is 1. The van der Waals surface area contributed by atoms with Crippen LogP contribution in [0, 0.1) is 13.8 Å². The minimum atomic E-state index is -3.88. The van der Waals surface area contributed by atoms with Gasteiger partial charge in [0.1, 0.15) is 16.5 Å². The van der Waals surface area contributed by atoms with E-state index in [0.29, 0.717) is 31.7 Å². The quantitative estimate of drug-likeness (QED) is 0.352. The standard InChI is InChI=1S/C27H29N5O6S/c1-15-7-8-17-20(13-15)38-27(35)18-5-4-6-19(28)22(18)24(33)26(17,27)30-25(34)23-16(2)14-21(29-23)39(36,37)32-11-9-31(3)10-12-32/h4-8,13-14,29,35H,9-12,28H2,1-3H3,(H,30,34). The predicted molar refractivity (Wildman–Crippen MR) is 142 cm³/mol. The van der Waals surface area contributed by atoms with Crippen LogP contribution in [0.2, 0.25) is 0 Å². The summed E-state index contributed by atoms with van der Waals surface area (Å²) < 4.78 is 34.0. The number of nitrogens with zero attached hydrogens (tertiary/aromatic N) is 2. The number of nitrogen functional groups attached to an aromatic ring is 1. The van der Waals surface area contributed by atoms with Crippen LogP contribution in [0.4, 0.5) is 5.69 Å². The van der Waals surface area contributed by atoms with E-state index in [0.717, 1.165) is 5.56 Å². The number of carbonyl (C=O) groups is 2. The first-order valence-corrected chi connectivity index (χ1v) is 14.0. The number of rotatable bonds is 4. The number of H-pyrrole nitrogens is 1. The topological polar surface area (TPSA) is 158 Å². The number of ketones is 1. The molecule has 0 bridgehead atoms. The Hall–Kier alpha value is -3.71. The summed E-state index contributed by atoms with van der Waals surface area (Å²) in [6.45, 7) is 5.29. The SMILES string of the molecule is Cc1ccc2c(c1)OC1(O)c3cccc(N)c3C(=O)C21NC(=O)c1[nH]c(S(=O)(=O)N2CCN(C)CC2)cc1C. The number of nitrogens with one attached hydrogen (secondary N) is 2. The summed E-state index contributed by atoms with van der Waals surface area (Å²) >= 11 is 0. The monoisotopic (exact) mass is 551 g/mol. The Morgan fingerprint density at radius 2 is 1.82 bits per heavy atom. The third kappa shape index (κ3) is 3.42. The van der Waals surface area contributed by atoms with E-state index in [1.807, 2.05) is 18.9 Å². The average Bonchev–Trinajstić information content (AvgIpc) is 3.45. The molecule has 6 rings (SSSR count). The molecule has 0 spiro atoms. The molecule has 0 saturated carbocycles. The molecule has 1 aromatic heterocycles. The number of hydrogen-bond acceptors (Lipinski definition) is 8. The molecule has 204 valence electrons. The van der Waals surface area contributed by atoms with E-state index in [2.05, 4.69) is 10.3 Å². The molecular formula is C27H29N5O6S. The normalized spacial score (nSPS) is 24.7. The number of hydrogen-bond donors (Lipinski definition) is 4. The Morgan fingerprint density at radius 1 is 1.10 bits per heavy atom. The van der Waals surface area contributed by atoms with Crippen molar-refractivity contribution in [2.24, 2.45) is 0 Å². The summed E-state index contributed by atoms with van der Waals surface area (Å²) in [4.78, 5) is 32.7. The van der Waals surface area contributed by atoms with E-state index in [-0.39, 0.29) is 38.8 Å². The highest BCUT2D eigenvalue weighted by molar-refractivity contribution is 7.89. The number of piperazine rings is 1. The number of nitrogens with two attached hydrogens (primary N) is 1. The van der Waals surface area contributed by atoms with Gasteiger partial charge in [-0.15, -0.1) is 0 Å². The molecule has 2 atom stereocenters. The number of fused-ring (bicyclic) bond motifs is 5. The molecule has 5 N–H and O–H groups in total. The highest BCUT2D eigenvalue weighted by Crippen LogP contribution is 2.59. The van der Waals surface area contributed by atoms with Gasteiger partial charge in [0.15, 0.2) is 0 Å². The number of Topliss-reactive ketones (excluding diaryl/α,β-unsaturated/α-hetero) is 1. The molecule has 1 amide bonds. The number of aliphatic hydroxyl groups is 1. The minimum absolute atomic E-state index is 0.0447. The zero-order valence-electron chi connectivity index (χ0n) is 21.7. The maximum Gasteiger partial charge on any atom is 0.271 e. The fourth-order valence-electron chi connectivity index (χ4n) is 5.78. The molecule has 1 aliphatic carbocycles. The van der Waals surface area contributed by atoms with Gasteiger partial charge in [-0.1, -0.05) is 24.3 Å². The average molecular weight is 552 g/mol. The zero-order valence-corrected chi connectivity index (χ0v) is 22.6. The molecule has 2 aliphatic heterocycles. The molecule has 12 heteroatoms. The molecule has 1 fully saturated rings. The number of aromatic nitrogens is 1. The van der Waals surface area contributed by atoms with E-state index in [4.69, 9.17) is 10.5 Å². The van der Waals surface area contributed by atoms with Crippen LogP contribution in [-0.4, -0.2) is 72.6 Å². The Labute approximate surface area is 225 Å². The van der Waals surface area contributed by atoms with Crippen molar-refractivity contribution in [2.45, 2.75) is 30.2 Å². The Morgan fingerprint density at radius 3 is 2.54 bits per heavy atom. The van der Waals surface area contributed by atoms with Crippen molar-refractivity contribution in [1.82, 2.24) is 19.5 Å². The van der Waals surface area contributed by atoms with Gasteiger partial charge >= 0.3 is 0 Å². The summed E-state index contributed by atoms with van der Waals surface area (Å²) in [5.41, 5.74) is 5.88. The van der Waals surface area contributed by atoms with Crippen molar-refractivity contribution in [3.05, 3.63) is 76.0 Å². The highest BCUT2D eigenvalue weighted by atomic mass is 32.2. The number of sulfonamides is 1. The lowest BCUT2D eigenvalue weighted by Crippen LogP contribution is -2.60. The smallest absolute Gasteiger partial charge is 0.271 e. The molecule has 3 heterocycles. The predicted octanol–water partition coefficient (Wildman–Crippen LogP) is 1.21. The number of carbonyl (C=O) groups excluding carboxylic acids is 2. The van der Waals surface area contributed by atoms with Crippen LogP contribution in [0.25, 0.3) is 0 Å². The van der Waals surface area contributed by atoms with Gasteiger partial charge < -0.3 is 30.8 Å². The second kappa shape index (κ2) is 8.39. The first-order valence-electron chi connectivity index (χ1n) is 12.6. The molecular weight excluding hydrogens is 522 g/mol. The van der Waals surface area contributed by atoms with Crippen LogP contribution in [0.5, 0.6) is 5.75 Å². The number of aromatic amines is 1. The maximum atomic E-state index is 14.1. The van der Waals surface area contributed by atoms with Crippen LogP contribution < -0.4 is 15.8 Å². The Balaban J connectivity index is 1.42. The fraction of sp³-hybridized carbons (Fsp3) is 0.333.